The van der Waals surface area contributed by atoms with E-state index in [1.54, 1.807) is 0 Å². The molecule has 3 rings (SSSR count). The van der Waals surface area contributed by atoms with E-state index in [1.807, 2.05) is 12.4 Å². The highest BCUT2D eigenvalue weighted by atomic mass is 16.5. The molecule has 1 aromatic heterocycles. The van der Waals surface area contributed by atoms with Gasteiger partial charge in [0.25, 0.3) is 0 Å². The van der Waals surface area contributed by atoms with Gasteiger partial charge in [-0.2, -0.15) is 0 Å². The second kappa shape index (κ2) is 5.06. The summed E-state index contributed by atoms with van der Waals surface area (Å²) in [4.78, 5) is 11.0. The van der Waals surface area contributed by atoms with Gasteiger partial charge < -0.3 is 15.0 Å². The molecule has 0 aromatic carbocycles. The van der Waals surface area contributed by atoms with Gasteiger partial charge in [0.15, 0.2) is 0 Å². The lowest BCUT2D eigenvalue weighted by Gasteiger charge is -2.50. The van der Waals surface area contributed by atoms with Crippen LogP contribution in [0.2, 0.25) is 0 Å². The molecule has 0 radical (unpaired) electrons. The van der Waals surface area contributed by atoms with Crippen LogP contribution in [0.4, 0.5) is 5.95 Å². The number of anilines is 1. The van der Waals surface area contributed by atoms with Gasteiger partial charge in [-0.3, -0.25) is 0 Å². The number of nitrogens with one attached hydrogen (secondary N) is 1. The van der Waals surface area contributed by atoms with Crippen LogP contribution in [0.5, 0.6) is 0 Å². The molecule has 0 bridgehead atoms. The summed E-state index contributed by atoms with van der Waals surface area (Å²) in [5, 5.41) is 3.49. The highest BCUT2D eigenvalue weighted by molar-refractivity contribution is 5.31. The molecule has 5 heteroatoms. The monoisotopic (exact) mass is 262 g/mol. The third kappa shape index (κ3) is 2.21. The second-order valence-electron chi connectivity index (χ2n) is 5.68. The summed E-state index contributed by atoms with van der Waals surface area (Å²) in [7, 11) is 4.22. The number of nitrogens with zero attached hydrogens (tertiary/aromatic N) is 3. The van der Waals surface area contributed by atoms with E-state index in [0.717, 1.165) is 25.4 Å². The minimum absolute atomic E-state index is 0.377. The van der Waals surface area contributed by atoms with Crippen LogP contribution < -0.4 is 5.32 Å². The number of rotatable bonds is 4. The van der Waals surface area contributed by atoms with Crippen molar-refractivity contribution in [1.82, 2.24) is 14.9 Å². The van der Waals surface area contributed by atoms with Crippen LogP contribution in [0.15, 0.2) is 12.4 Å². The minimum Gasteiger partial charge on any atom is -0.376 e. The van der Waals surface area contributed by atoms with E-state index in [-0.39, 0.29) is 0 Å². The molecule has 0 amide bonds. The van der Waals surface area contributed by atoms with Gasteiger partial charge in [-0.25, -0.2) is 9.97 Å². The van der Waals surface area contributed by atoms with Crippen molar-refractivity contribution in [3.8, 4) is 0 Å². The highest BCUT2D eigenvalue weighted by Crippen LogP contribution is 2.42. The van der Waals surface area contributed by atoms with E-state index < -0.39 is 0 Å². The van der Waals surface area contributed by atoms with E-state index in [9.17, 15) is 0 Å². The van der Waals surface area contributed by atoms with Gasteiger partial charge in [0.2, 0.25) is 5.95 Å². The Morgan fingerprint density at radius 2 is 2.11 bits per heavy atom. The molecule has 2 fully saturated rings. The molecule has 0 spiro atoms. The number of likely N-dealkylation sites (N-methyl/N-ethyl adjacent to an activating group) is 1. The topological polar surface area (TPSA) is 50.3 Å². The van der Waals surface area contributed by atoms with Crippen LogP contribution in [0.1, 0.15) is 18.9 Å². The maximum absolute atomic E-state index is 5.81. The summed E-state index contributed by atoms with van der Waals surface area (Å²) in [6, 6.07) is 0.817. The predicted octanol–water partition coefficient (Wildman–Crippen LogP) is 1.17. The van der Waals surface area contributed by atoms with Crippen molar-refractivity contribution in [2.24, 2.45) is 5.92 Å². The van der Waals surface area contributed by atoms with E-state index >= 15 is 0 Å². The fourth-order valence-electron chi connectivity index (χ4n) is 3.24. The summed E-state index contributed by atoms with van der Waals surface area (Å²) in [5.74, 6) is 1.33. The van der Waals surface area contributed by atoms with Crippen LogP contribution in [0.3, 0.4) is 0 Å². The number of fused-ring (bicyclic) bond motifs is 1. The Labute approximate surface area is 114 Å². The van der Waals surface area contributed by atoms with Gasteiger partial charge >= 0.3 is 0 Å². The summed E-state index contributed by atoms with van der Waals surface area (Å²) < 4.78 is 5.81. The Kier molecular flexibility index (Phi) is 3.41. The molecule has 1 saturated carbocycles. The third-order valence-electron chi connectivity index (χ3n) is 4.35. The quantitative estimate of drug-likeness (QED) is 0.882. The average Bonchev–Trinajstić information content (AvgIpc) is 2.80. The standard InChI is InChI=1S/C14H22N4O/c1-4-9-7-15-14(16-8-9)17-11-10-5-6-19-13(10)12(11)18(2)3/h7-8,10-13H,4-6H2,1-3H3,(H,15,16,17)/t10-,11+,12-,13-/m1/s1. The zero-order valence-electron chi connectivity index (χ0n) is 11.8. The van der Waals surface area contributed by atoms with Gasteiger partial charge in [-0.05, 0) is 32.5 Å². The summed E-state index contributed by atoms with van der Waals surface area (Å²) in [6.07, 6.45) is 6.30. The van der Waals surface area contributed by atoms with Gasteiger partial charge in [-0.1, -0.05) is 6.92 Å². The number of ether oxygens (including phenoxy) is 1. The molecular weight excluding hydrogens is 240 g/mol. The molecule has 2 heterocycles. The first-order chi connectivity index (χ1) is 9.20. The lowest BCUT2D eigenvalue weighted by atomic mass is 9.71. The fraction of sp³-hybridized carbons (Fsp3) is 0.714. The van der Waals surface area contributed by atoms with Crippen molar-refractivity contribution in [1.29, 1.82) is 0 Å². The Morgan fingerprint density at radius 1 is 1.37 bits per heavy atom. The smallest absolute Gasteiger partial charge is 0.222 e. The van der Waals surface area contributed by atoms with Gasteiger partial charge in [-0.15, -0.1) is 0 Å². The Balaban J connectivity index is 1.70. The first-order valence-corrected chi connectivity index (χ1v) is 7.06. The third-order valence-corrected chi connectivity index (χ3v) is 4.35. The van der Waals surface area contributed by atoms with Crippen molar-refractivity contribution < 1.29 is 4.74 Å². The van der Waals surface area contributed by atoms with Crippen molar-refractivity contribution in [3.05, 3.63) is 18.0 Å². The molecule has 2 aliphatic rings. The fourth-order valence-corrected chi connectivity index (χ4v) is 3.24. The van der Waals surface area contributed by atoms with Gasteiger partial charge in [0.05, 0.1) is 18.2 Å². The molecule has 1 N–H and O–H groups in total. The maximum Gasteiger partial charge on any atom is 0.222 e. The highest BCUT2D eigenvalue weighted by Gasteiger charge is 2.55. The Bertz CT molecular complexity index is 434. The molecule has 104 valence electrons. The summed E-state index contributed by atoms with van der Waals surface area (Å²) in [5.41, 5.74) is 1.17. The first kappa shape index (κ1) is 12.8. The maximum atomic E-state index is 5.81. The lowest BCUT2D eigenvalue weighted by molar-refractivity contribution is -0.0517. The van der Waals surface area contributed by atoms with Crippen LogP contribution in [-0.2, 0) is 11.2 Å². The molecule has 19 heavy (non-hydrogen) atoms. The molecule has 1 aromatic rings. The van der Waals surface area contributed by atoms with Crippen LogP contribution in [-0.4, -0.2) is 53.8 Å². The van der Waals surface area contributed by atoms with E-state index in [2.05, 4.69) is 41.2 Å². The van der Waals surface area contributed by atoms with Crippen molar-refractivity contribution in [2.45, 2.75) is 38.0 Å². The van der Waals surface area contributed by atoms with Gasteiger partial charge in [0.1, 0.15) is 0 Å². The van der Waals surface area contributed by atoms with Crippen molar-refractivity contribution >= 4 is 5.95 Å². The number of aromatic nitrogens is 2. The normalized spacial score (nSPS) is 33.1. The van der Waals surface area contributed by atoms with Crippen LogP contribution >= 0.6 is 0 Å². The predicted molar refractivity (Wildman–Crippen MR) is 74.1 cm³/mol. The zero-order valence-corrected chi connectivity index (χ0v) is 11.8. The van der Waals surface area contributed by atoms with E-state index in [0.29, 0.717) is 24.1 Å². The van der Waals surface area contributed by atoms with Crippen LogP contribution in [0, 0.1) is 5.92 Å². The molecule has 1 aliphatic heterocycles. The number of aryl methyl sites for hydroxylation is 1. The van der Waals surface area contributed by atoms with Gasteiger partial charge in [0, 0.05) is 24.9 Å². The summed E-state index contributed by atoms with van der Waals surface area (Å²) in [6.45, 7) is 2.99. The lowest BCUT2D eigenvalue weighted by Crippen LogP contribution is -2.66. The minimum atomic E-state index is 0.377. The molecule has 5 nitrogen and oxygen atoms in total. The van der Waals surface area contributed by atoms with Crippen molar-refractivity contribution in [3.63, 3.8) is 0 Å². The largest absolute Gasteiger partial charge is 0.376 e. The average molecular weight is 262 g/mol. The zero-order chi connectivity index (χ0) is 13.4. The molecule has 1 saturated heterocycles. The first-order valence-electron chi connectivity index (χ1n) is 7.06. The number of hydrogen-bond acceptors (Lipinski definition) is 5. The molecular formula is C14H22N4O. The molecule has 4 atom stereocenters. The Hall–Kier alpha value is -1.20. The SMILES string of the molecule is CCc1cnc(N[C@H]2[C@H]3CCO[C@H]3[C@@H]2N(C)C)nc1. The summed E-state index contributed by atoms with van der Waals surface area (Å²) >= 11 is 0. The second-order valence-corrected chi connectivity index (χ2v) is 5.68. The Morgan fingerprint density at radius 3 is 2.74 bits per heavy atom. The van der Waals surface area contributed by atoms with Crippen molar-refractivity contribution in [2.75, 3.05) is 26.0 Å². The van der Waals surface area contributed by atoms with E-state index in [1.165, 1.54) is 5.56 Å². The molecule has 1 aliphatic carbocycles. The van der Waals surface area contributed by atoms with Crippen LogP contribution in [0.25, 0.3) is 0 Å². The number of hydrogen-bond donors (Lipinski definition) is 1. The van der Waals surface area contributed by atoms with E-state index in [4.69, 9.17) is 4.74 Å². The molecule has 0 unspecified atom stereocenters.